The standard InChI is InChI=1S/C12H23Cl/c13-11-10-12-8-6-4-2-1-3-5-7-9-12/h12H,1-11H2. The van der Waals surface area contributed by atoms with Crippen LogP contribution >= 0.6 is 11.6 Å². The quantitative estimate of drug-likeness (QED) is 0.567. The van der Waals surface area contributed by atoms with Crippen molar-refractivity contribution in [2.75, 3.05) is 5.88 Å². The largest absolute Gasteiger partial charge is 0.127 e. The van der Waals surface area contributed by atoms with Gasteiger partial charge in [0.1, 0.15) is 0 Å². The van der Waals surface area contributed by atoms with Crippen LogP contribution in [0.2, 0.25) is 0 Å². The van der Waals surface area contributed by atoms with Crippen molar-refractivity contribution in [1.82, 2.24) is 0 Å². The van der Waals surface area contributed by atoms with Crippen LogP contribution in [-0.4, -0.2) is 5.88 Å². The highest BCUT2D eigenvalue weighted by atomic mass is 35.5. The molecule has 1 aliphatic carbocycles. The Hall–Kier alpha value is 0.290. The van der Waals surface area contributed by atoms with Gasteiger partial charge in [0.2, 0.25) is 0 Å². The highest BCUT2D eigenvalue weighted by Crippen LogP contribution is 2.23. The molecule has 0 aliphatic heterocycles. The highest BCUT2D eigenvalue weighted by Gasteiger charge is 2.08. The van der Waals surface area contributed by atoms with Gasteiger partial charge in [-0.1, -0.05) is 57.8 Å². The molecule has 1 saturated carbocycles. The average Bonchev–Trinajstić information content (AvgIpc) is 2.16. The van der Waals surface area contributed by atoms with Gasteiger partial charge in [-0.15, -0.1) is 11.6 Å². The number of alkyl halides is 1. The van der Waals surface area contributed by atoms with E-state index >= 15 is 0 Å². The van der Waals surface area contributed by atoms with E-state index in [0.29, 0.717) is 0 Å². The lowest BCUT2D eigenvalue weighted by Gasteiger charge is -2.16. The Morgan fingerprint density at radius 1 is 0.769 bits per heavy atom. The van der Waals surface area contributed by atoms with E-state index in [1.807, 2.05) is 0 Å². The second-order valence-corrected chi connectivity index (χ2v) is 4.77. The maximum absolute atomic E-state index is 5.80. The van der Waals surface area contributed by atoms with Gasteiger partial charge in [0.15, 0.2) is 0 Å². The predicted octanol–water partition coefficient (Wildman–Crippen LogP) is 4.76. The molecule has 1 fully saturated rings. The Morgan fingerprint density at radius 2 is 1.23 bits per heavy atom. The Bertz CT molecular complexity index is 102. The lowest BCUT2D eigenvalue weighted by molar-refractivity contribution is 0.381. The van der Waals surface area contributed by atoms with Crippen molar-refractivity contribution in [2.45, 2.75) is 64.2 Å². The summed E-state index contributed by atoms with van der Waals surface area (Å²) in [6.45, 7) is 0. The number of rotatable bonds is 2. The van der Waals surface area contributed by atoms with Crippen LogP contribution in [0, 0.1) is 5.92 Å². The summed E-state index contributed by atoms with van der Waals surface area (Å²) >= 11 is 5.80. The summed E-state index contributed by atoms with van der Waals surface area (Å²) in [5, 5.41) is 0. The smallest absolute Gasteiger partial charge is 0.0226 e. The molecule has 0 aromatic carbocycles. The van der Waals surface area contributed by atoms with Crippen molar-refractivity contribution < 1.29 is 0 Å². The summed E-state index contributed by atoms with van der Waals surface area (Å²) in [6, 6.07) is 0. The zero-order valence-electron chi connectivity index (χ0n) is 8.73. The number of hydrogen-bond acceptors (Lipinski definition) is 0. The van der Waals surface area contributed by atoms with E-state index in [2.05, 4.69) is 0 Å². The molecule has 0 atom stereocenters. The van der Waals surface area contributed by atoms with Gasteiger partial charge < -0.3 is 0 Å². The maximum atomic E-state index is 5.80. The van der Waals surface area contributed by atoms with Crippen molar-refractivity contribution in [1.29, 1.82) is 0 Å². The lowest BCUT2D eigenvalue weighted by atomic mass is 9.90. The van der Waals surface area contributed by atoms with Gasteiger partial charge >= 0.3 is 0 Å². The first-order chi connectivity index (χ1) is 6.43. The molecule has 0 spiro atoms. The molecular weight excluding hydrogens is 180 g/mol. The molecule has 1 heteroatoms. The van der Waals surface area contributed by atoms with Crippen molar-refractivity contribution in [2.24, 2.45) is 5.92 Å². The third-order valence-electron chi connectivity index (χ3n) is 3.24. The summed E-state index contributed by atoms with van der Waals surface area (Å²) in [4.78, 5) is 0. The van der Waals surface area contributed by atoms with Crippen LogP contribution in [0.15, 0.2) is 0 Å². The lowest BCUT2D eigenvalue weighted by Crippen LogP contribution is -2.03. The van der Waals surface area contributed by atoms with Gasteiger partial charge in [-0.2, -0.15) is 0 Å². The SMILES string of the molecule is ClCCC1CCCCCCCCC1. The van der Waals surface area contributed by atoms with Crippen LogP contribution in [0.4, 0.5) is 0 Å². The summed E-state index contributed by atoms with van der Waals surface area (Å²) in [7, 11) is 0. The van der Waals surface area contributed by atoms with Crippen molar-refractivity contribution in [3.05, 3.63) is 0 Å². The molecule has 1 rings (SSSR count). The molecule has 0 radical (unpaired) electrons. The zero-order valence-corrected chi connectivity index (χ0v) is 9.49. The van der Waals surface area contributed by atoms with Crippen LogP contribution in [0.5, 0.6) is 0 Å². The Balaban J connectivity index is 2.18. The maximum Gasteiger partial charge on any atom is 0.0226 e. The van der Waals surface area contributed by atoms with Crippen molar-refractivity contribution in [3.8, 4) is 0 Å². The van der Waals surface area contributed by atoms with E-state index in [-0.39, 0.29) is 0 Å². The summed E-state index contributed by atoms with van der Waals surface area (Å²) in [5.41, 5.74) is 0. The number of halogens is 1. The Morgan fingerprint density at radius 3 is 1.69 bits per heavy atom. The third-order valence-corrected chi connectivity index (χ3v) is 3.46. The first-order valence-electron chi connectivity index (χ1n) is 5.99. The zero-order chi connectivity index (χ0) is 9.36. The molecule has 0 amide bonds. The highest BCUT2D eigenvalue weighted by molar-refractivity contribution is 6.17. The first-order valence-corrected chi connectivity index (χ1v) is 6.53. The van der Waals surface area contributed by atoms with Gasteiger partial charge in [-0.05, 0) is 12.3 Å². The van der Waals surface area contributed by atoms with E-state index in [0.717, 1.165) is 11.8 Å². The fourth-order valence-electron chi connectivity index (χ4n) is 2.34. The molecule has 0 heterocycles. The van der Waals surface area contributed by atoms with E-state index in [1.54, 1.807) is 0 Å². The molecule has 0 bridgehead atoms. The van der Waals surface area contributed by atoms with Gasteiger partial charge in [0.25, 0.3) is 0 Å². The Labute approximate surface area is 88.1 Å². The number of hydrogen-bond donors (Lipinski definition) is 0. The summed E-state index contributed by atoms with van der Waals surface area (Å²) < 4.78 is 0. The Kier molecular flexibility index (Phi) is 6.71. The molecular formula is C12H23Cl. The van der Waals surface area contributed by atoms with E-state index in [4.69, 9.17) is 11.6 Å². The van der Waals surface area contributed by atoms with Crippen molar-refractivity contribution >= 4 is 11.6 Å². The molecule has 1 aliphatic rings. The predicted molar refractivity (Wildman–Crippen MR) is 60.4 cm³/mol. The van der Waals surface area contributed by atoms with Crippen LogP contribution < -0.4 is 0 Å². The molecule has 0 aromatic rings. The molecule has 0 saturated heterocycles. The first kappa shape index (κ1) is 11.4. The van der Waals surface area contributed by atoms with Gasteiger partial charge in [0, 0.05) is 5.88 Å². The average molecular weight is 203 g/mol. The van der Waals surface area contributed by atoms with E-state index < -0.39 is 0 Å². The second-order valence-electron chi connectivity index (χ2n) is 4.40. The van der Waals surface area contributed by atoms with E-state index in [9.17, 15) is 0 Å². The third kappa shape index (κ3) is 5.57. The fourth-order valence-corrected chi connectivity index (χ4v) is 2.65. The van der Waals surface area contributed by atoms with Crippen molar-refractivity contribution in [3.63, 3.8) is 0 Å². The monoisotopic (exact) mass is 202 g/mol. The molecule has 13 heavy (non-hydrogen) atoms. The molecule has 0 aromatic heterocycles. The van der Waals surface area contributed by atoms with E-state index in [1.165, 1.54) is 64.2 Å². The van der Waals surface area contributed by atoms with Gasteiger partial charge in [-0.25, -0.2) is 0 Å². The summed E-state index contributed by atoms with van der Waals surface area (Å²) in [5.74, 6) is 1.81. The topological polar surface area (TPSA) is 0 Å². The van der Waals surface area contributed by atoms with Crippen LogP contribution in [-0.2, 0) is 0 Å². The summed E-state index contributed by atoms with van der Waals surface area (Å²) in [6.07, 6.45) is 14.3. The van der Waals surface area contributed by atoms with Crippen LogP contribution in [0.1, 0.15) is 64.2 Å². The second kappa shape index (κ2) is 7.67. The van der Waals surface area contributed by atoms with Gasteiger partial charge in [-0.3, -0.25) is 0 Å². The minimum absolute atomic E-state index is 0.866. The minimum atomic E-state index is 0.866. The van der Waals surface area contributed by atoms with Gasteiger partial charge in [0.05, 0.1) is 0 Å². The molecule has 78 valence electrons. The molecule has 0 N–H and O–H groups in total. The minimum Gasteiger partial charge on any atom is -0.127 e. The fraction of sp³-hybridized carbons (Fsp3) is 1.00. The van der Waals surface area contributed by atoms with Crippen LogP contribution in [0.25, 0.3) is 0 Å². The normalized spacial score (nSPS) is 22.8. The molecule has 0 nitrogen and oxygen atoms in total. The van der Waals surface area contributed by atoms with Crippen LogP contribution in [0.3, 0.4) is 0 Å². The molecule has 0 unspecified atom stereocenters.